The maximum Gasteiger partial charge on any atom is 0.339 e. The SMILES string of the molecule is O=C(OCCO)c1c2c(nc3ccccc13)/C(=C/c1ccc3c(c1)OCO3)CC2. The summed E-state index contributed by atoms with van der Waals surface area (Å²) in [5.41, 5.74) is 5.10. The summed E-state index contributed by atoms with van der Waals surface area (Å²) in [6.45, 7) is 0.0153. The molecule has 1 aliphatic heterocycles. The Bertz CT molecular complexity index is 1150. The Kier molecular flexibility index (Phi) is 4.41. The third-order valence-electron chi connectivity index (χ3n) is 5.21. The topological polar surface area (TPSA) is 77.9 Å². The summed E-state index contributed by atoms with van der Waals surface area (Å²) in [5.74, 6) is 1.06. The fourth-order valence-electron chi connectivity index (χ4n) is 3.93. The van der Waals surface area contributed by atoms with Crippen LogP contribution in [-0.4, -0.2) is 36.1 Å². The smallest absolute Gasteiger partial charge is 0.339 e. The van der Waals surface area contributed by atoms with Gasteiger partial charge >= 0.3 is 5.97 Å². The van der Waals surface area contributed by atoms with Gasteiger partial charge in [0, 0.05) is 5.39 Å². The van der Waals surface area contributed by atoms with E-state index in [0.717, 1.165) is 51.2 Å². The van der Waals surface area contributed by atoms with E-state index in [1.807, 2.05) is 42.5 Å². The van der Waals surface area contributed by atoms with Crippen LogP contribution >= 0.6 is 0 Å². The Morgan fingerprint density at radius 1 is 1.14 bits per heavy atom. The van der Waals surface area contributed by atoms with Gasteiger partial charge in [0.15, 0.2) is 11.5 Å². The lowest BCUT2D eigenvalue weighted by atomic mass is 10.0. The van der Waals surface area contributed by atoms with Crippen molar-refractivity contribution < 1.29 is 24.1 Å². The van der Waals surface area contributed by atoms with E-state index < -0.39 is 5.97 Å². The van der Waals surface area contributed by atoms with E-state index >= 15 is 0 Å². The van der Waals surface area contributed by atoms with Gasteiger partial charge in [0.1, 0.15) is 6.61 Å². The number of allylic oxidation sites excluding steroid dienone is 1. The largest absolute Gasteiger partial charge is 0.460 e. The first-order chi connectivity index (χ1) is 14.2. The second-order valence-corrected chi connectivity index (χ2v) is 6.97. The number of hydrogen-bond donors (Lipinski definition) is 1. The minimum atomic E-state index is -0.418. The van der Waals surface area contributed by atoms with Gasteiger partial charge in [-0.2, -0.15) is 0 Å². The molecule has 2 aromatic carbocycles. The average Bonchev–Trinajstić information content (AvgIpc) is 3.37. The molecule has 5 rings (SSSR count). The zero-order valence-corrected chi connectivity index (χ0v) is 15.7. The van der Waals surface area contributed by atoms with Crippen LogP contribution in [0.1, 0.15) is 33.6 Å². The number of rotatable bonds is 4. The molecule has 0 bridgehead atoms. The van der Waals surface area contributed by atoms with E-state index in [-0.39, 0.29) is 20.0 Å². The van der Waals surface area contributed by atoms with E-state index in [2.05, 4.69) is 6.08 Å². The van der Waals surface area contributed by atoms with E-state index in [1.165, 1.54) is 0 Å². The molecular formula is C23H19NO5. The summed E-state index contributed by atoms with van der Waals surface area (Å²) < 4.78 is 16.1. The molecule has 0 unspecified atom stereocenters. The maximum absolute atomic E-state index is 12.8. The van der Waals surface area contributed by atoms with Crippen LogP contribution in [0, 0.1) is 0 Å². The van der Waals surface area contributed by atoms with Crippen LogP contribution in [0.5, 0.6) is 11.5 Å². The first kappa shape index (κ1) is 17.7. The first-order valence-electron chi connectivity index (χ1n) is 9.55. The lowest BCUT2D eigenvalue weighted by Crippen LogP contribution is -2.12. The molecule has 0 atom stereocenters. The van der Waals surface area contributed by atoms with Crippen molar-refractivity contribution in [2.75, 3.05) is 20.0 Å². The van der Waals surface area contributed by atoms with Crippen molar-refractivity contribution in [3.8, 4) is 11.5 Å². The number of carbonyl (C=O) groups excluding carboxylic acids is 1. The summed E-state index contributed by atoms with van der Waals surface area (Å²) in [6.07, 6.45) is 3.58. The highest BCUT2D eigenvalue weighted by atomic mass is 16.7. The fourth-order valence-corrected chi connectivity index (χ4v) is 3.93. The predicted octanol–water partition coefficient (Wildman–Crippen LogP) is 3.60. The third kappa shape index (κ3) is 3.11. The normalized spacial score (nSPS) is 15.7. The average molecular weight is 389 g/mol. The molecule has 0 amide bonds. The van der Waals surface area contributed by atoms with Crippen molar-refractivity contribution >= 4 is 28.5 Å². The van der Waals surface area contributed by atoms with Gasteiger partial charge in [0.2, 0.25) is 6.79 Å². The van der Waals surface area contributed by atoms with Crippen LogP contribution < -0.4 is 9.47 Å². The zero-order chi connectivity index (χ0) is 19.8. The number of esters is 1. The molecule has 2 aliphatic rings. The van der Waals surface area contributed by atoms with Crippen LogP contribution in [0.2, 0.25) is 0 Å². The number of ether oxygens (including phenoxy) is 3. The Hall–Kier alpha value is -3.38. The lowest BCUT2D eigenvalue weighted by Gasteiger charge is -2.12. The van der Waals surface area contributed by atoms with Crippen molar-refractivity contribution in [3.63, 3.8) is 0 Å². The van der Waals surface area contributed by atoms with Crippen LogP contribution in [-0.2, 0) is 11.2 Å². The molecule has 0 fully saturated rings. The monoisotopic (exact) mass is 389 g/mol. The summed E-state index contributed by atoms with van der Waals surface area (Å²) >= 11 is 0. The summed E-state index contributed by atoms with van der Waals surface area (Å²) in [7, 11) is 0. The maximum atomic E-state index is 12.8. The van der Waals surface area contributed by atoms with Crippen molar-refractivity contribution in [1.29, 1.82) is 0 Å². The van der Waals surface area contributed by atoms with Gasteiger partial charge in [0.05, 0.1) is 23.4 Å². The van der Waals surface area contributed by atoms with E-state index in [4.69, 9.17) is 24.3 Å². The van der Waals surface area contributed by atoms with Gasteiger partial charge in [-0.25, -0.2) is 9.78 Å². The van der Waals surface area contributed by atoms with Crippen LogP contribution in [0.15, 0.2) is 42.5 Å². The highest BCUT2D eigenvalue weighted by Gasteiger charge is 2.27. The molecule has 1 N–H and O–H groups in total. The second kappa shape index (κ2) is 7.22. The Labute approximate surface area is 167 Å². The third-order valence-corrected chi connectivity index (χ3v) is 5.21. The number of fused-ring (bicyclic) bond motifs is 3. The van der Waals surface area contributed by atoms with Gasteiger partial charge in [-0.05, 0) is 53.8 Å². The number of nitrogens with zero attached hydrogens (tertiary/aromatic N) is 1. The number of benzene rings is 2. The van der Waals surface area contributed by atoms with Crippen molar-refractivity contribution in [2.24, 2.45) is 0 Å². The summed E-state index contributed by atoms with van der Waals surface area (Å²) in [5, 5.41) is 9.80. The first-order valence-corrected chi connectivity index (χ1v) is 9.55. The second-order valence-electron chi connectivity index (χ2n) is 6.97. The fraction of sp³-hybridized carbons (Fsp3) is 0.217. The molecular weight excluding hydrogens is 370 g/mol. The molecule has 6 heteroatoms. The zero-order valence-electron chi connectivity index (χ0n) is 15.7. The summed E-state index contributed by atoms with van der Waals surface area (Å²) in [6, 6.07) is 13.4. The highest BCUT2D eigenvalue weighted by molar-refractivity contribution is 6.07. The van der Waals surface area contributed by atoms with Crippen LogP contribution in [0.4, 0.5) is 0 Å². The van der Waals surface area contributed by atoms with E-state index in [1.54, 1.807) is 0 Å². The summed E-state index contributed by atoms with van der Waals surface area (Å²) in [4.78, 5) is 17.6. The van der Waals surface area contributed by atoms with Crippen LogP contribution in [0.3, 0.4) is 0 Å². The number of hydrogen-bond acceptors (Lipinski definition) is 6. The number of aromatic nitrogens is 1. The van der Waals surface area contributed by atoms with Crippen molar-refractivity contribution in [2.45, 2.75) is 12.8 Å². The highest BCUT2D eigenvalue weighted by Crippen LogP contribution is 2.39. The van der Waals surface area contributed by atoms with E-state index in [9.17, 15) is 4.79 Å². The van der Waals surface area contributed by atoms with Crippen LogP contribution in [0.25, 0.3) is 22.6 Å². The standard InChI is InChI=1S/C23H19NO5/c25-9-10-27-23(26)21-16-3-1-2-4-18(16)24-22-15(6-7-17(21)22)11-14-5-8-19-20(12-14)29-13-28-19/h1-5,8,11-12,25H,6-7,9-10,13H2/b15-11+. The van der Waals surface area contributed by atoms with Gasteiger partial charge in [-0.15, -0.1) is 0 Å². The molecule has 0 saturated carbocycles. The number of carbonyl (C=O) groups is 1. The molecule has 1 aromatic heterocycles. The number of pyridine rings is 1. The van der Waals surface area contributed by atoms with Gasteiger partial charge in [0.25, 0.3) is 0 Å². The molecule has 3 aromatic rings. The molecule has 0 saturated heterocycles. The number of para-hydroxylation sites is 1. The Morgan fingerprint density at radius 3 is 2.90 bits per heavy atom. The number of aliphatic hydroxyl groups is 1. The molecule has 0 radical (unpaired) electrons. The van der Waals surface area contributed by atoms with Gasteiger partial charge < -0.3 is 19.3 Å². The van der Waals surface area contributed by atoms with Crippen molar-refractivity contribution in [1.82, 2.24) is 4.98 Å². The predicted molar refractivity (Wildman–Crippen MR) is 108 cm³/mol. The Balaban J connectivity index is 1.61. The number of aliphatic hydroxyl groups excluding tert-OH is 1. The molecule has 29 heavy (non-hydrogen) atoms. The Morgan fingerprint density at radius 2 is 2.00 bits per heavy atom. The molecule has 0 spiro atoms. The quantitative estimate of drug-likeness (QED) is 0.687. The lowest BCUT2D eigenvalue weighted by molar-refractivity contribution is 0.0435. The van der Waals surface area contributed by atoms with Gasteiger partial charge in [-0.1, -0.05) is 24.3 Å². The molecule has 6 nitrogen and oxygen atoms in total. The van der Waals surface area contributed by atoms with Gasteiger partial charge in [-0.3, -0.25) is 0 Å². The van der Waals surface area contributed by atoms with E-state index in [0.29, 0.717) is 12.0 Å². The van der Waals surface area contributed by atoms with Crippen molar-refractivity contribution in [3.05, 3.63) is 64.8 Å². The molecule has 146 valence electrons. The minimum Gasteiger partial charge on any atom is -0.460 e. The minimum absolute atomic E-state index is 0.0237. The molecule has 2 heterocycles. The molecule has 1 aliphatic carbocycles.